The summed E-state index contributed by atoms with van der Waals surface area (Å²) in [6.07, 6.45) is 3.54. The first-order valence-corrected chi connectivity index (χ1v) is 11.4. The lowest BCUT2D eigenvalue weighted by Crippen LogP contribution is -2.47. The molecule has 1 unspecified atom stereocenters. The highest BCUT2D eigenvalue weighted by Crippen LogP contribution is 2.23. The van der Waals surface area contributed by atoms with Gasteiger partial charge in [0.1, 0.15) is 11.5 Å². The average molecular weight is 491 g/mol. The van der Waals surface area contributed by atoms with E-state index >= 15 is 0 Å². The van der Waals surface area contributed by atoms with E-state index in [-0.39, 0.29) is 0 Å². The Labute approximate surface area is 192 Å². The van der Waals surface area contributed by atoms with Crippen LogP contribution in [0.3, 0.4) is 0 Å². The van der Waals surface area contributed by atoms with Crippen molar-refractivity contribution in [2.75, 3.05) is 6.61 Å². The molecule has 2 rings (SSSR count). The Morgan fingerprint density at radius 2 is 1.77 bits per heavy atom. The van der Waals surface area contributed by atoms with Crippen molar-refractivity contribution >= 4 is 27.7 Å². The van der Waals surface area contributed by atoms with Gasteiger partial charge in [0.05, 0.1) is 12.2 Å². The van der Waals surface area contributed by atoms with Crippen LogP contribution in [0.2, 0.25) is 0 Å². The molecule has 0 aliphatic heterocycles. The van der Waals surface area contributed by atoms with Gasteiger partial charge in [-0.05, 0) is 68.7 Å². The summed E-state index contributed by atoms with van der Waals surface area (Å²) in [6.45, 7) is 8.31. The van der Waals surface area contributed by atoms with Gasteiger partial charge in [0.15, 0.2) is 6.10 Å². The van der Waals surface area contributed by atoms with Gasteiger partial charge in [0.2, 0.25) is 0 Å². The Hall–Kier alpha value is -2.54. The predicted molar refractivity (Wildman–Crippen MR) is 125 cm³/mol. The number of nitrogens with one attached hydrogen (secondary N) is 2. The third kappa shape index (κ3) is 7.90. The number of hydrazine groups is 1. The number of ether oxygens (including phenoxy) is 2. The SMILES string of the molecule is CCCCCCOc1ccc(Br)cc1C(=O)NNC(=O)C(C)Oc1ccc(C)c(C)c1. The van der Waals surface area contributed by atoms with Crippen LogP contribution in [0.5, 0.6) is 11.5 Å². The number of unbranched alkanes of at least 4 members (excludes halogenated alkanes) is 3. The Kier molecular flexibility index (Phi) is 9.85. The van der Waals surface area contributed by atoms with Crippen LogP contribution in [0, 0.1) is 13.8 Å². The first-order valence-electron chi connectivity index (χ1n) is 10.6. The molecule has 1 atom stereocenters. The molecule has 168 valence electrons. The van der Waals surface area contributed by atoms with E-state index < -0.39 is 17.9 Å². The van der Waals surface area contributed by atoms with Crippen LogP contribution < -0.4 is 20.3 Å². The fourth-order valence-corrected chi connectivity index (χ4v) is 3.21. The van der Waals surface area contributed by atoms with Crippen molar-refractivity contribution in [1.82, 2.24) is 10.9 Å². The number of benzene rings is 2. The van der Waals surface area contributed by atoms with Gasteiger partial charge in [-0.3, -0.25) is 20.4 Å². The molecule has 2 aromatic rings. The second-order valence-corrected chi connectivity index (χ2v) is 8.41. The van der Waals surface area contributed by atoms with E-state index in [1.807, 2.05) is 38.1 Å². The van der Waals surface area contributed by atoms with Crippen molar-refractivity contribution in [3.05, 3.63) is 57.6 Å². The second-order valence-electron chi connectivity index (χ2n) is 7.50. The number of carbonyl (C=O) groups is 2. The largest absolute Gasteiger partial charge is 0.493 e. The molecule has 0 spiro atoms. The summed E-state index contributed by atoms with van der Waals surface area (Å²) in [5.41, 5.74) is 7.44. The van der Waals surface area contributed by atoms with Crippen LogP contribution in [-0.2, 0) is 4.79 Å². The van der Waals surface area contributed by atoms with Crippen molar-refractivity contribution in [2.24, 2.45) is 0 Å². The fourth-order valence-electron chi connectivity index (χ4n) is 2.85. The van der Waals surface area contributed by atoms with Crippen LogP contribution in [0.15, 0.2) is 40.9 Å². The third-order valence-electron chi connectivity index (χ3n) is 4.90. The van der Waals surface area contributed by atoms with Gasteiger partial charge in [-0.15, -0.1) is 0 Å². The first-order chi connectivity index (χ1) is 14.8. The lowest BCUT2D eigenvalue weighted by atomic mass is 10.1. The molecular formula is C24H31BrN2O4. The second kappa shape index (κ2) is 12.3. The van der Waals surface area contributed by atoms with E-state index in [0.717, 1.165) is 41.3 Å². The van der Waals surface area contributed by atoms with E-state index in [9.17, 15) is 9.59 Å². The summed E-state index contributed by atoms with van der Waals surface area (Å²) in [5.74, 6) is 0.161. The minimum absolute atomic E-state index is 0.341. The summed E-state index contributed by atoms with van der Waals surface area (Å²) in [6, 6.07) is 10.9. The van der Waals surface area contributed by atoms with Crippen LogP contribution in [-0.4, -0.2) is 24.5 Å². The predicted octanol–water partition coefficient (Wildman–Crippen LogP) is 5.25. The number of aryl methyl sites for hydroxylation is 2. The normalized spacial score (nSPS) is 11.5. The quantitative estimate of drug-likeness (QED) is 0.352. The molecule has 2 amide bonds. The Morgan fingerprint density at radius 1 is 1.00 bits per heavy atom. The molecule has 0 saturated heterocycles. The monoisotopic (exact) mass is 490 g/mol. The maximum absolute atomic E-state index is 12.7. The molecule has 0 aliphatic carbocycles. The Morgan fingerprint density at radius 3 is 2.48 bits per heavy atom. The third-order valence-corrected chi connectivity index (χ3v) is 5.39. The maximum atomic E-state index is 12.7. The van der Waals surface area contributed by atoms with Crippen LogP contribution >= 0.6 is 15.9 Å². The lowest BCUT2D eigenvalue weighted by Gasteiger charge is -2.17. The van der Waals surface area contributed by atoms with E-state index in [2.05, 4.69) is 33.7 Å². The topological polar surface area (TPSA) is 76.7 Å². The van der Waals surface area contributed by atoms with Crippen LogP contribution in [0.25, 0.3) is 0 Å². The number of rotatable bonds is 10. The van der Waals surface area contributed by atoms with Gasteiger partial charge >= 0.3 is 0 Å². The number of hydrogen-bond donors (Lipinski definition) is 2. The minimum atomic E-state index is -0.779. The molecule has 0 bridgehead atoms. The van der Waals surface area contributed by atoms with Gasteiger partial charge in [0.25, 0.3) is 11.8 Å². The molecule has 2 N–H and O–H groups in total. The number of amides is 2. The summed E-state index contributed by atoms with van der Waals surface area (Å²) in [4.78, 5) is 25.0. The first kappa shape index (κ1) is 24.7. The lowest BCUT2D eigenvalue weighted by molar-refractivity contribution is -0.128. The number of hydrogen-bond acceptors (Lipinski definition) is 4. The zero-order valence-corrected chi connectivity index (χ0v) is 20.2. The van der Waals surface area contributed by atoms with Crippen molar-refractivity contribution < 1.29 is 19.1 Å². The van der Waals surface area contributed by atoms with Crippen molar-refractivity contribution in [3.8, 4) is 11.5 Å². The minimum Gasteiger partial charge on any atom is -0.493 e. The van der Waals surface area contributed by atoms with Crippen LogP contribution in [0.4, 0.5) is 0 Å². The van der Waals surface area contributed by atoms with Gasteiger partial charge in [0, 0.05) is 4.47 Å². The van der Waals surface area contributed by atoms with E-state index in [4.69, 9.17) is 9.47 Å². The molecule has 31 heavy (non-hydrogen) atoms. The van der Waals surface area contributed by atoms with Gasteiger partial charge in [-0.1, -0.05) is 48.2 Å². The summed E-state index contributed by atoms with van der Waals surface area (Å²) in [5, 5.41) is 0. The molecule has 0 saturated carbocycles. The summed E-state index contributed by atoms with van der Waals surface area (Å²) < 4.78 is 12.2. The van der Waals surface area contributed by atoms with E-state index in [0.29, 0.717) is 23.7 Å². The molecule has 0 heterocycles. The molecule has 7 heteroatoms. The van der Waals surface area contributed by atoms with E-state index in [1.54, 1.807) is 19.1 Å². The van der Waals surface area contributed by atoms with Gasteiger partial charge in [-0.25, -0.2) is 0 Å². The van der Waals surface area contributed by atoms with Crippen molar-refractivity contribution in [3.63, 3.8) is 0 Å². The molecule has 2 aromatic carbocycles. The van der Waals surface area contributed by atoms with Gasteiger partial charge in [-0.2, -0.15) is 0 Å². The maximum Gasteiger partial charge on any atom is 0.279 e. The fraction of sp³-hybridized carbons (Fsp3) is 0.417. The zero-order valence-electron chi connectivity index (χ0n) is 18.6. The average Bonchev–Trinajstić information content (AvgIpc) is 2.75. The summed E-state index contributed by atoms with van der Waals surface area (Å²) in [7, 11) is 0. The zero-order chi connectivity index (χ0) is 22.8. The molecular weight excluding hydrogens is 460 g/mol. The molecule has 0 fully saturated rings. The van der Waals surface area contributed by atoms with Crippen molar-refractivity contribution in [2.45, 2.75) is 59.5 Å². The molecule has 6 nitrogen and oxygen atoms in total. The number of halogens is 1. The van der Waals surface area contributed by atoms with E-state index in [1.165, 1.54) is 0 Å². The highest BCUT2D eigenvalue weighted by Gasteiger charge is 2.18. The highest BCUT2D eigenvalue weighted by molar-refractivity contribution is 9.10. The van der Waals surface area contributed by atoms with Gasteiger partial charge < -0.3 is 9.47 Å². The van der Waals surface area contributed by atoms with Crippen LogP contribution in [0.1, 0.15) is 61.0 Å². The van der Waals surface area contributed by atoms with Crippen molar-refractivity contribution in [1.29, 1.82) is 0 Å². The Balaban J connectivity index is 1.92. The molecule has 0 radical (unpaired) electrons. The molecule has 0 aliphatic rings. The highest BCUT2D eigenvalue weighted by atomic mass is 79.9. The molecule has 0 aromatic heterocycles. The number of carbonyl (C=O) groups excluding carboxylic acids is 2. The standard InChI is InChI=1S/C24H31BrN2O4/c1-5-6-7-8-13-30-22-12-10-19(25)15-21(22)24(29)27-26-23(28)18(4)31-20-11-9-16(2)17(3)14-20/h9-12,14-15,18H,5-8,13H2,1-4H3,(H,26,28)(H,27,29). The Bertz CT molecular complexity index is 901. The smallest absolute Gasteiger partial charge is 0.279 e. The summed E-state index contributed by atoms with van der Waals surface area (Å²) >= 11 is 3.38.